The molecule has 8 heteroatoms. The zero-order chi connectivity index (χ0) is 22.8. The molecule has 0 saturated carbocycles. The maximum absolute atomic E-state index is 12.4. The molecule has 0 atom stereocenters. The van der Waals surface area contributed by atoms with E-state index in [1.54, 1.807) is 17.2 Å². The van der Waals surface area contributed by atoms with Crippen LogP contribution in [0.1, 0.15) is 36.8 Å². The van der Waals surface area contributed by atoms with Gasteiger partial charge in [0, 0.05) is 38.2 Å². The highest BCUT2D eigenvalue weighted by molar-refractivity contribution is 5.91. The number of carbonyl (C=O) groups is 3. The molecule has 1 fully saturated rings. The largest absolute Gasteiger partial charge is 0.445 e. The standard InChI is InChI=1S/C24H30N4O4/c1-18-9-10-21(26-16-18)27-23(30)20-11-14-28(15-12-20)22(29)8-5-13-25-24(31)32-17-19-6-3-2-4-7-19/h2-4,6-7,9-10,16,20H,5,8,11-15,17H2,1H3,(H,25,31)(H,26,27,30). The molecule has 0 bridgehead atoms. The summed E-state index contributed by atoms with van der Waals surface area (Å²) in [6.45, 7) is 3.66. The molecule has 2 aromatic rings. The predicted octanol–water partition coefficient (Wildman–Crippen LogP) is 3.27. The van der Waals surface area contributed by atoms with Crippen LogP contribution in [-0.4, -0.2) is 47.4 Å². The molecule has 2 N–H and O–H groups in total. The van der Waals surface area contributed by atoms with Crippen LogP contribution >= 0.6 is 0 Å². The van der Waals surface area contributed by atoms with Crippen molar-refractivity contribution in [1.29, 1.82) is 0 Å². The predicted molar refractivity (Wildman–Crippen MR) is 121 cm³/mol. The summed E-state index contributed by atoms with van der Waals surface area (Å²) in [6.07, 6.45) is 3.38. The fourth-order valence-electron chi connectivity index (χ4n) is 3.52. The smallest absolute Gasteiger partial charge is 0.407 e. The van der Waals surface area contributed by atoms with Crippen molar-refractivity contribution in [2.75, 3.05) is 25.0 Å². The fourth-order valence-corrected chi connectivity index (χ4v) is 3.52. The van der Waals surface area contributed by atoms with Gasteiger partial charge >= 0.3 is 6.09 Å². The van der Waals surface area contributed by atoms with E-state index >= 15 is 0 Å². The summed E-state index contributed by atoms with van der Waals surface area (Å²) in [6, 6.07) is 13.1. The van der Waals surface area contributed by atoms with Crippen LogP contribution in [0.25, 0.3) is 0 Å². The molecule has 1 aromatic heterocycles. The van der Waals surface area contributed by atoms with Crippen LogP contribution in [0.5, 0.6) is 0 Å². The number of alkyl carbamates (subject to hydrolysis) is 1. The van der Waals surface area contributed by atoms with Crippen molar-refractivity contribution in [3.8, 4) is 0 Å². The number of rotatable bonds is 8. The van der Waals surface area contributed by atoms with Gasteiger partial charge in [-0.05, 0) is 43.4 Å². The van der Waals surface area contributed by atoms with Gasteiger partial charge in [0.2, 0.25) is 11.8 Å². The van der Waals surface area contributed by atoms with Crippen LogP contribution < -0.4 is 10.6 Å². The first-order valence-electron chi connectivity index (χ1n) is 11.0. The number of pyridine rings is 1. The Morgan fingerprint density at radius 3 is 2.53 bits per heavy atom. The van der Waals surface area contributed by atoms with Crippen LogP contribution in [-0.2, 0) is 20.9 Å². The average molecular weight is 439 g/mol. The number of aromatic nitrogens is 1. The second-order valence-corrected chi connectivity index (χ2v) is 7.96. The molecular weight excluding hydrogens is 408 g/mol. The topological polar surface area (TPSA) is 101 Å². The number of likely N-dealkylation sites (tertiary alicyclic amines) is 1. The van der Waals surface area contributed by atoms with E-state index < -0.39 is 6.09 Å². The summed E-state index contributed by atoms with van der Waals surface area (Å²) in [5, 5.41) is 5.52. The van der Waals surface area contributed by atoms with Gasteiger partial charge in [0.1, 0.15) is 12.4 Å². The van der Waals surface area contributed by atoms with Gasteiger partial charge in [-0.1, -0.05) is 36.4 Å². The summed E-state index contributed by atoms with van der Waals surface area (Å²) in [4.78, 5) is 42.6. The van der Waals surface area contributed by atoms with Gasteiger partial charge in [-0.25, -0.2) is 9.78 Å². The van der Waals surface area contributed by atoms with Crippen molar-refractivity contribution in [3.63, 3.8) is 0 Å². The van der Waals surface area contributed by atoms with Gasteiger partial charge in [0.05, 0.1) is 0 Å². The Bertz CT molecular complexity index is 894. The highest BCUT2D eigenvalue weighted by Gasteiger charge is 2.27. The van der Waals surface area contributed by atoms with Gasteiger partial charge < -0.3 is 20.3 Å². The maximum atomic E-state index is 12.4. The lowest BCUT2D eigenvalue weighted by Gasteiger charge is -2.31. The van der Waals surface area contributed by atoms with Crippen LogP contribution in [0.2, 0.25) is 0 Å². The lowest BCUT2D eigenvalue weighted by atomic mass is 9.95. The highest BCUT2D eigenvalue weighted by atomic mass is 16.5. The van der Waals surface area contributed by atoms with Gasteiger partial charge in [-0.2, -0.15) is 0 Å². The van der Waals surface area contributed by atoms with Gasteiger partial charge in [0.15, 0.2) is 0 Å². The number of carbonyl (C=O) groups excluding carboxylic acids is 3. The normalized spacial score (nSPS) is 14.0. The molecular formula is C24H30N4O4. The quantitative estimate of drug-likeness (QED) is 0.616. The maximum Gasteiger partial charge on any atom is 0.407 e. The van der Waals surface area contributed by atoms with E-state index in [-0.39, 0.29) is 24.3 Å². The first kappa shape index (κ1) is 23.2. The number of piperidine rings is 1. The number of nitrogens with zero attached hydrogens (tertiary/aromatic N) is 2. The Labute approximate surface area is 188 Å². The third-order valence-electron chi connectivity index (χ3n) is 5.43. The Balaban J connectivity index is 1.28. The van der Waals surface area contributed by atoms with Crippen molar-refractivity contribution >= 4 is 23.7 Å². The molecule has 0 aliphatic carbocycles. The Morgan fingerprint density at radius 1 is 1.09 bits per heavy atom. The number of benzene rings is 1. The number of hydrogen-bond donors (Lipinski definition) is 2. The SMILES string of the molecule is Cc1ccc(NC(=O)C2CCN(C(=O)CCCNC(=O)OCc3ccccc3)CC2)nc1. The van der Waals surface area contributed by atoms with Crippen LogP contribution in [0.4, 0.5) is 10.6 Å². The molecule has 0 unspecified atom stereocenters. The summed E-state index contributed by atoms with van der Waals surface area (Å²) in [5.41, 5.74) is 1.96. The molecule has 0 radical (unpaired) electrons. The lowest BCUT2D eigenvalue weighted by molar-refractivity contribution is -0.134. The molecule has 1 aliphatic heterocycles. The Kier molecular flexibility index (Phi) is 8.60. The average Bonchev–Trinajstić information content (AvgIpc) is 2.82. The van der Waals surface area contributed by atoms with Crippen molar-refractivity contribution in [2.24, 2.45) is 5.92 Å². The zero-order valence-electron chi connectivity index (χ0n) is 18.4. The number of amides is 3. The summed E-state index contributed by atoms with van der Waals surface area (Å²) in [5.74, 6) is 0.423. The van der Waals surface area contributed by atoms with Gasteiger partial charge in [0.25, 0.3) is 0 Å². The molecule has 0 spiro atoms. The highest BCUT2D eigenvalue weighted by Crippen LogP contribution is 2.20. The van der Waals surface area contributed by atoms with E-state index in [9.17, 15) is 14.4 Å². The van der Waals surface area contributed by atoms with Crippen LogP contribution in [0.15, 0.2) is 48.7 Å². The minimum atomic E-state index is -0.490. The number of hydrogen-bond acceptors (Lipinski definition) is 5. The number of ether oxygens (including phenoxy) is 1. The molecule has 1 aromatic carbocycles. The van der Waals surface area contributed by atoms with Crippen molar-refractivity contribution in [1.82, 2.24) is 15.2 Å². The second kappa shape index (κ2) is 11.8. The molecule has 8 nitrogen and oxygen atoms in total. The lowest BCUT2D eigenvalue weighted by Crippen LogP contribution is -2.41. The number of aryl methyl sites for hydroxylation is 1. The van der Waals surface area contributed by atoms with E-state index in [0.29, 0.717) is 51.1 Å². The molecule has 170 valence electrons. The third kappa shape index (κ3) is 7.37. The molecule has 2 heterocycles. The molecule has 3 amide bonds. The minimum absolute atomic E-state index is 0.0449. The number of nitrogens with one attached hydrogen (secondary N) is 2. The van der Waals surface area contributed by atoms with Crippen LogP contribution in [0, 0.1) is 12.8 Å². The molecule has 3 rings (SSSR count). The Hall–Kier alpha value is -3.42. The fraction of sp³-hybridized carbons (Fsp3) is 0.417. The van der Waals surface area contributed by atoms with Gasteiger partial charge in [-0.15, -0.1) is 0 Å². The van der Waals surface area contributed by atoms with E-state index in [0.717, 1.165) is 11.1 Å². The summed E-state index contributed by atoms with van der Waals surface area (Å²) in [7, 11) is 0. The second-order valence-electron chi connectivity index (χ2n) is 7.96. The zero-order valence-corrected chi connectivity index (χ0v) is 18.4. The van der Waals surface area contributed by atoms with Crippen molar-refractivity contribution < 1.29 is 19.1 Å². The summed E-state index contributed by atoms with van der Waals surface area (Å²) >= 11 is 0. The monoisotopic (exact) mass is 438 g/mol. The molecule has 1 aliphatic rings. The number of anilines is 1. The van der Waals surface area contributed by atoms with Crippen molar-refractivity contribution in [2.45, 2.75) is 39.2 Å². The van der Waals surface area contributed by atoms with Crippen LogP contribution in [0.3, 0.4) is 0 Å². The van der Waals surface area contributed by atoms with E-state index in [4.69, 9.17) is 4.74 Å². The minimum Gasteiger partial charge on any atom is -0.445 e. The summed E-state index contributed by atoms with van der Waals surface area (Å²) < 4.78 is 5.15. The molecule has 1 saturated heterocycles. The van der Waals surface area contributed by atoms with Gasteiger partial charge in [-0.3, -0.25) is 9.59 Å². The first-order chi connectivity index (χ1) is 15.5. The molecule has 32 heavy (non-hydrogen) atoms. The van der Waals surface area contributed by atoms with E-state index in [1.807, 2.05) is 43.3 Å². The van der Waals surface area contributed by atoms with E-state index in [2.05, 4.69) is 15.6 Å². The third-order valence-corrected chi connectivity index (χ3v) is 5.43. The first-order valence-corrected chi connectivity index (χ1v) is 11.0. The Morgan fingerprint density at radius 2 is 1.84 bits per heavy atom. The van der Waals surface area contributed by atoms with Crippen molar-refractivity contribution in [3.05, 3.63) is 59.8 Å². The van der Waals surface area contributed by atoms with E-state index in [1.165, 1.54) is 0 Å².